The van der Waals surface area contributed by atoms with Gasteiger partial charge in [0.1, 0.15) is 18.6 Å². The Labute approximate surface area is 181 Å². The molecule has 4 amide bonds. The molecule has 0 aliphatic heterocycles. The van der Waals surface area contributed by atoms with Crippen molar-refractivity contribution in [2.75, 3.05) is 6.54 Å². The number of carbonyl (C=O) groups is 6. The van der Waals surface area contributed by atoms with E-state index in [0.29, 0.717) is 5.69 Å². The van der Waals surface area contributed by atoms with Crippen molar-refractivity contribution in [3.63, 3.8) is 0 Å². The van der Waals surface area contributed by atoms with Crippen LogP contribution in [0.2, 0.25) is 0 Å². The Kier molecular flexibility index (Phi) is 10.3. The zero-order valence-corrected chi connectivity index (χ0v) is 16.9. The number of carboxylic acids is 2. The molecule has 0 bridgehead atoms. The van der Waals surface area contributed by atoms with Gasteiger partial charge in [0.15, 0.2) is 0 Å². The summed E-state index contributed by atoms with van der Waals surface area (Å²) in [6, 6.07) is -4.01. The average Bonchev–Trinajstić information content (AvgIpc) is 3.20. The minimum Gasteiger partial charge on any atom is -0.481 e. The van der Waals surface area contributed by atoms with Crippen molar-refractivity contribution >= 4 is 35.6 Å². The van der Waals surface area contributed by atoms with Crippen molar-refractivity contribution in [2.24, 2.45) is 11.5 Å². The van der Waals surface area contributed by atoms with Gasteiger partial charge in [0.2, 0.25) is 23.6 Å². The molecule has 1 heterocycles. The first-order valence-electron chi connectivity index (χ1n) is 9.32. The highest BCUT2D eigenvalue weighted by molar-refractivity contribution is 5.95. The normalized spacial score (nSPS) is 13.3. The molecule has 32 heavy (non-hydrogen) atoms. The lowest BCUT2D eigenvalue weighted by atomic mass is 10.1. The highest BCUT2D eigenvalue weighted by Gasteiger charge is 2.29. The fourth-order valence-electron chi connectivity index (χ4n) is 2.51. The molecule has 1 rings (SSSR count). The van der Waals surface area contributed by atoms with E-state index in [-0.39, 0.29) is 12.8 Å². The van der Waals surface area contributed by atoms with E-state index in [1.165, 1.54) is 12.5 Å². The monoisotopic (exact) mass is 455 g/mol. The van der Waals surface area contributed by atoms with E-state index in [4.69, 9.17) is 21.7 Å². The molecule has 15 heteroatoms. The summed E-state index contributed by atoms with van der Waals surface area (Å²) in [5.41, 5.74) is 11.0. The second-order valence-electron chi connectivity index (χ2n) is 6.72. The lowest BCUT2D eigenvalue weighted by Gasteiger charge is -2.23. The molecule has 1 aromatic heterocycles. The highest BCUT2D eigenvalue weighted by Crippen LogP contribution is 2.04. The fourth-order valence-corrected chi connectivity index (χ4v) is 2.51. The molecule has 10 N–H and O–H groups in total. The van der Waals surface area contributed by atoms with Gasteiger partial charge in [0, 0.05) is 24.7 Å². The first-order valence-corrected chi connectivity index (χ1v) is 9.32. The minimum absolute atomic E-state index is 0.108. The zero-order chi connectivity index (χ0) is 24.3. The van der Waals surface area contributed by atoms with Crippen LogP contribution < -0.4 is 27.4 Å². The molecule has 0 aromatic carbocycles. The molecule has 3 atom stereocenters. The first-order chi connectivity index (χ1) is 15.0. The molecule has 0 spiro atoms. The quantitative estimate of drug-likeness (QED) is 0.135. The lowest BCUT2D eigenvalue weighted by molar-refractivity contribution is -0.140. The van der Waals surface area contributed by atoms with Crippen LogP contribution in [0.5, 0.6) is 0 Å². The van der Waals surface area contributed by atoms with Gasteiger partial charge in [-0.3, -0.25) is 28.8 Å². The van der Waals surface area contributed by atoms with Crippen LogP contribution in [0, 0.1) is 0 Å². The minimum atomic E-state index is -1.39. The summed E-state index contributed by atoms with van der Waals surface area (Å²) in [6.07, 6.45) is 1.31. The number of rotatable bonds is 14. The molecule has 3 unspecified atom stereocenters. The van der Waals surface area contributed by atoms with Gasteiger partial charge in [-0.1, -0.05) is 0 Å². The van der Waals surface area contributed by atoms with Crippen molar-refractivity contribution in [1.29, 1.82) is 0 Å². The number of hydrogen-bond donors (Lipinski definition) is 8. The van der Waals surface area contributed by atoms with Gasteiger partial charge < -0.3 is 42.6 Å². The van der Waals surface area contributed by atoms with Crippen LogP contribution in [-0.4, -0.2) is 80.4 Å². The molecule has 0 saturated heterocycles. The SMILES string of the molecule is NC(=O)CC(N)C(=O)NC(Cc1cnc[nH]1)C(=O)NC(CCC(=O)O)C(=O)NCC(=O)O. The van der Waals surface area contributed by atoms with Crippen molar-refractivity contribution < 1.29 is 39.0 Å². The summed E-state index contributed by atoms with van der Waals surface area (Å²) < 4.78 is 0. The fraction of sp³-hybridized carbons (Fsp3) is 0.471. The second-order valence-corrected chi connectivity index (χ2v) is 6.72. The maximum Gasteiger partial charge on any atom is 0.322 e. The van der Waals surface area contributed by atoms with Crippen LogP contribution in [0.4, 0.5) is 0 Å². The van der Waals surface area contributed by atoms with Crippen LogP contribution >= 0.6 is 0 Å². The number of carbonyl (C=O) groups excluding carboxylic acids is 4. The predicted octanol–water partition coefficient (Wildman–Crippen LogP) is -3.81. The number of nitrogens with two attached hydrogens (primary N) is 2. The maximum atomic E-state index is 12.8. The summed E-state index contributed by atoms with van der Waals surface area (Å²) in [5, 5.41) is 24.3. The number of hydrogen-bond acceptors (Lipinski definition) is 8. The standard InChI is InChI=1S/C17H25N7O8/c18-9(4-12(19)25)15(30)24-11(3-8-5-20-7-22-8)17(32)23-10(1-2-13(26)27)16(31)21-6-14(28)29/h5,7,9-11H,1-4,6,18H2,(H2,19,25)(H,20,22)(H,21,31)(H,23,32)(H,24,30)(H,26,27)(H,28,29). The Bertz CT molecular complexity index is 842. The predicted molar refractivity (Wildman–Crippen MR) is 105 cm³/mol. The average molecular weight is 455 g/mol. The number of aliphatic carboxylic acids is 2. The number of imidazole rings is 1. The van der Waals surface area contributed by atoms with Gasteiger partial charge in [-0.15, -0.1) is 0 Å². The van der Waals surface area contributed by atoms with Gasteiger partial charge in [0.05, 0.1) is 18.8 Å². The summed E-state index contributed by atoms with van der Waals surface area (Å²) in [4.78, 5) is 76.4. The van der Waals surface area contributed by atoms with E-state index in [1.807, 2.05) is 0 Å². The molecule has 0 radical (unpaired) electrons. The van der Waals surface area contributed by atoms with Crippen molar-refractivity contribution in [2.45, 2.75) is 43.8 Å². The Morgan fingerprint density at radius 2 is 1.66 bits per heavy atom. The van der Waals surface area contributed by atoms with Gasteiger partial charge in [-0.2, -0.15) is 0 Å². The van der Waals surface area contributed by atoms with E-state index in [1.54, 1.807) is 0 Å². The van der Waals surface area contributed by atoms with Gasteiger partial charge >= 0.3 is 11.9 Å². The molecule has 1 aromatic rings. The number of H-pyrrole nitrogens is 1. The van der Waals surface area contributed by atoms with E-state index in [0.717, 1.165) is 0 Å². The topological polar surface area (TPSA) is 260 Å². The first kappa shape index (κ1) is 26.0. The third-order valence-electron chi connectivity index (χ3n) is 4.06. The Morgan fingerprint density at radius 3 is 2.19 bits per heavy atom. The third kappa shape index (κ3) is 9.66. The largest absolute Gasteiger partial charge is 0.481 e. The molecule has 176 valence electrons. The molecular formula is C17H25N7O8. The molecule has 0 fully saturated rings. The highest BCUT2D eigenvalue weighted by atomic mass is 16.4. The van der Waals surface area contributed by atoms with E-state index < -0.39 is 73.1 Å². The summed E-state index contributed by atoms with van der Waals surface area (Å²) in [6.45, 7) is -0.742. The third-order valence-corrected chi connectivity index (χ3v) is 4.06. The summed E-state index contributed by atoms with van der Waals surface area (Å²) in [5.74, 6) is -6.06. The van der Waals surface area contributed by atoms with Gasteiger partial charge in [-0.05, 0) is 6.42 Å². The van der Waals surface area contributed by atoms with E-state index >= 15 is 0 Å². The van der Waals surface area contributed by atoms with Crippen LogP contribution in [-0.2, 0) is 35.2 Å². The number of nitrogens with zero attached hydrogens (tertiary/aromatic N) is 1. The van der Waals surface area contributed by atoms with E-state index in [9.17, 15) is 28.8 Å². The van der Waals surface area contributed by atoms with Gasteiger partial charge in [-0.25, -0.2) is 4.98 Å². The van der Waals surface area contributed by atoms with Crippen LogP contribution in [0.3, 0.4) is 0 Å². The van der Waals surface area contributed by atoms with Crippen molar-refractivity contribution in [3.05, 3.63) is 18.2 Å². The maximum absolute atomic E-state index is 12.8. The Balaban J connectivity index is 2.97. The molecular weight excluding hydrogens is 430 g/mol. The Morgan fingerprint density at radius 1 is 1.00 bits per heavy atom. The van der Waals surface area contributed by atoms with Crippen LogP contribution in [0.15, 0.2) is 12.5 Å². The molecule has 15 nitrogen and oxygen atoms in total. The molecule has 0 saturated carbocycles. The summed E-state index contributed by atoms with van der Waals surface area (Å²) in [7, 11) is 0. The number of primary amides is 1. The smallest absolute Gasteiger partial charge is 0.322 e. The molecule has 0 aliphatic carbocycles. The zero-order valence-electron chi connectivity index (χ0n) is 16.9. The van der Waals surface area contributed by atoms with Crippen LogP contribution in [0.25, 0.3) is 0 Å². The molecule has 0 aliphatic rings. The van der Waals surface area contributed by atoms with Crippen molar-refractivity contribution in [3.8, 4) is 0 Å². The number of nitrogens with one attached hydrogen (secondary N) is 4. The summed E-state index contributed by atoms with van der Waals surface area (Å²) >= 11 is 0. The van der Waals surface area contributed by atoms with E-state index in [2.05, 4.69) is 25.9 Å². The lowest BCUT2D eigenvalue weighted by Crippen LogP contribution is -2.57. The second kappa shape index (κ2) is 12.6. The number of aromatic nitrogens is 2. The number of amides is 4. The number of aromatic amines is 1. The van der Waals surface area contributed by atoms with Crippen molar-refractivity contribution in [1.82, 2.24) is 25.9 Å². The number of carboxylic acid groups (broad SMARTS) is 2. The Hall–Kier alpha value is -4.01. The van der Waals surface area contributed by atoms with Crippen LogP contribution in [0.1, 0.15) is 25.0 Å². The van der Waals surface area contributed by atoms with Gasteiger partial charge in [0.25, 0.3) is 0 Å².